The van der Waals surface area contributed by atoms with Gasteiger partial charge in [0.25, 0.3) is 10.0 Å². The maximum Gasteiger partial charge on any atom is 0.277 e. The number of hydrogen-bond donors (Lipinski definition) is 1. The molecule has 8 heteroatoms. The lowest BCUT2D eigenvalue weighted by molar-refractivity contribution is -0.124. The zero-order chi connectivity index (χ0) is 22.1. The maximum absolute atomic E-state index is 13.2. The van der Waals surface area contributed by atoms with Crippen molar-refractivity contribution in [1.82, 2.24) is 14.6 Å². The predicted molar refractivity (Wildman–Crippen MR) is 121 cm³/mol. The molecule has 0 unspecified atom stereocenters. The second-order valence-corrected chi connectivity index (χ2v) is 10.2. The average Bonchev–Trinajstić information content (AvgIpc) is 3.30. The van der Waals surface area contributed by atoms with E-state index in [-0.39, 0.29) is 24.1 Å². The summed E-state index contributed by atoms with van der Waals surface area (Å²) in [6, 6.07) is 11.8. The van der Waals surface area contributed by atoms with E-state index in [1.54, 1.807) is 24.4 Å². The van der Waals surface area contributed by atoms with E-state index in [9.17, 15) is 13.2 Å². The molecule has 1 N–H and O–H groups in total. The highest BCUT2D eigenvalue weighted by molar-refractivity contribution is 7.89. The third kappa shape index (κ3) is 4.33. The summed E-state index contributed by atoms with van der Waals surface area (Å²) in [7, 11) is -3.91. The van der Waals surface area contributed by atoms with Crippen molar-refractivity contribution in [3.05, 3.63) is 66.0 Å². The number of amides is 1. The van der Waals surface area contributed by atoms with Gasteiger partial charge in [0.05, 0.1) is 12.2 Å². The first-order valence-corrected chi connectivity index (χ1v) is 12.4. The Morgan fingerprint density at radius 3 is 2.84 bits per heavy atom. The highest BCUT2D eigenvalue weighted by Crippen LogP contribution is 2.31. The minimum Gasteiger partial charge on any atom is -0.443 e. The zero-order valence-electron chi connectivity index (χ0n) is 17.6. The number of pyridine rings is 1. The van der Waals surface area contributed by atoms with Crippen LogP contribution in [0.1, 0.15) is 36.9 Å². The van der Waals surface area contributed by atoms with Crippen molar-refractivity contribution >= 4 is 33.0 Å². The lowest BCUT2D eigenvalue weighted by atomic mass is 10.2. The number of nitrogens with one attached hydrogen (secondary N) is 1. The van der Waals surface area contributed by atoms with Crippen LogP contribution in [0.2, 0.25) is 0 Å². The van der Waals surface area contributed by atoms with Gasteiger partial charge in [-0.2, -0.15) is 4.31 Å². The molecule has 0 radical (unpaired) electrons. The summed E-state index contributed by atoms with van der Waals surface area (Å²) in [6.45, 7) is 0.538. The fourth-order valence-electron chi connectivity index (χ4n) is 4.02. The SMILES string of the molecule is O=C(NCc1cc(C=CC2CC2)ccn1)[C@@H]1CCCN1S(=O)(=O)c1cc2ccccc2o1. The van der Waals surface area contributed by atoms with E-state index >= 15 is 0 Å². The van der Waals surface area contributed by atoms with Gasteiger partial charge >= 0.3 is 0 Å². The number of fused-ring (bicyclic) bond motifs is 1. The van der Waals surface area contributed by atoms with Gasteiger partial charge in [-0.25, -0.2) is 8.42 Å². The van der Waals surface area contributed by atoms with Crippen LogP contribution in [0.25, 0.3) is 17.0 Å². The number of aromatic nitrogens is 1. The van der Waals surface area contributed by atoms with E-state index in [2.05, 4.69) is 22.5 Å². The summed E-state index contributed by atoms with van der Waals surface area (Å²) >= 11 is 0. The summed E-state index contributed by atoms with van der Waals surface area (Å²) in [4.78, 5) is 17.2. The van der Waals surface area contributed by atoms with Gasteiger partial charge in [-0.05, 0) is 55.4 Å². The molecule has 7 nitrogen and oxygen atoms in total. The number of furan rings is 1. The molecule has 1 amide bonds. The molecule has 5 rings (SSSR count). The molecule has 1 atom stereocenters. The van der Waals surface area contributed by atoms with Gasteiger partial charge < -0.3 is 9.73 Å². The number of benzene rings is 1. The zero-order valence-corrected chi connectivity index (χ0v) is 18.4. The molecule has 2 aromatic heterocycles. The summed E-state index contributed by atoms with van der Waals surface area (Å²) in [5.41, 5.74) is 2.29. The Kier molecular flexibility index (Phi) is 5.57. The number of para-hydroxylation sites is 1. The standard InChI is InChI=1S/C24H25N3O4S/c28-24(26-16-20-14-18(11-12-25-20)10-9-17-7-8-17)21-5-3-13-27(21)32(29,30)23-15-19-4-1-2-6-22(19)31-23/h1-2,4,6,9-12,14-15,17,21H,3,5,7-8,13,16H2,(H,26,28)/t21-/m0/s1. The van der Waals surface area contributed by atoms with Crippen LogP contribution in [0, 0.1) is 5.92 Å². The van der Waals surface area contributed by atoms with Gasteiger partial charge in [0.1, 0.15) is 11.6 Å². The van der Waals surface area contributed by atoms with Crippen molar-refractivity contribution in [1.29, 1.82) is 0 Å². The monoisotopic (exact) mass is 451 g/mol. The highest BCUT2D eigenvalue weighted by Gasteiger charge is 2.41. The fourth-order valence-corrected chi connectivity index (χ4v) is 5.63. The van der Waals surface area contributed by atoms with Crippen LogP contribution in [0.3, 0.4) is 0 Å². The summed E-state index contributed by atoms with van der Waals surface area (Å²) in [6.07, 6.45) is 9.61. The molecule has 3 heterocycles. The number of carbonyl (C=O) groups is 1. The number of nitrogens with zero attached hydrogens (tertiary/aromatic N) is 2. The van der Waals surface area contributed by atoms with Crippen molar-refractivity contribution in [2.75, 3.05) is 6.54 Å². The molecule has 1 aromatic carbocycles. The van der Waals surface area contributed by atoms with Crippen LogP contribution in [0.15, 0.2) is 64.2 Å². The molecule has 1 saturated heterocycles. The number of rotatable bonds is 7. The molecule has 166 valence electrons. The molecule has 3 aromatic rings. The highest BCUT2D eigenvalue weighted by atomic mass is 32.2. The minimum absolute atomic E-state index is 0.129. The Hall–Kier alpha value is -2.97. The molecule has 2 aliphatic rings. The maximum atomic E-state index is 13.2. The lowest BCUT2D eigenvalue weighted by Crippen LogP contribution is -2.45. The minimum atomic E-state index is -3.91. The average molecular weight is 452 g/mol. The van der Waals surface area contributed by atoms with Gasteiger partial charge in [0.15, 0.2) is 0 Å². The Balaban J connectivity index is 1.27. The molecule has 32 heavy (non-hydrogen) atoms. The Morgan fingerprint density at radius 1 is 1.19 bits per heavy atom. The van der Waals surface area contributed by atoms with E-state index in [0.29, 0.717) is 29.7 Å². The van der Waals surface area contributed by atoms with Crippen LogP contribution in [0.5, 0.6) is 0 Å². The first-order chi connectivity index (χ1) is 15.5. The van der Waals surface area contributed by atoms with Gasteiger partial charge in [-0.1, -0.05) is 30.4 Å². The number of carbonyl (C=O) groups excluding carboxylic acids is 1. The normalized spacial score (nSPS) is 19.7. The van der Waals surface area contributed by atoms with Gasteiger partial charge in [0, 0.05) is 24.2 Å². The molecule has 1 saturated carbocycles. The number of sulfonamides is 1. The van der Waals surface area contributed by atoms with Crippen LogP contribution in [-0.2, 0) is 21.4 Å². The van der Waals surface area contributed by atoms with Gasteiger partial charge in [-0.3, -0.25) is 9.78 Å². The molecular weight excluding hydrogens is 426 g/mol. The molecular formula is C24H25N3O4S. The van der Waals surface area contributed by atoms with E-state index in [0.717, 1.165) is 11.3 Å². The van der Waals surface area contributed by atoms with Crippen molar-refractivity contribution in [3.8, 4) is 0 Å². The van der Waals surface area contributed by atoms with Gasteiger partial charge in [0.2, 0.25) is 11.0 Å². The van der Waals surface area contributed by atoms with Crippen molar-refractivity contribution < 1.29 is 17.6 Å². The Bertz CT molecular complexity index is 1240. The first kappa shape index (κ1) is 20.9. The quantitative estimate of drug-likeness (QED) is 0.591. The fraction of sp³-hybridized carbons (Fsp3) is 0.333. The number of hydrogen-bond acceptors (Lipinski definition) is 5. The van der Waals surface area contributed by atoms with E-state index in [4.69, 9.17) is 4.42 Å². The molecule has 1 aliphatic heterocycles. The smallest absolute Gasteiger partial charge is 0.277 e. The second kappa shape index (κ2) is 8.52. The third-order valence-electron chi connectivity index (χ3n) is 5.94. The topological polar surface area (TPSA) is 92.5 Å². The van der Waals surface area contributed by atoms with Crippen LogP contribution in [-0.4, -0.2) is 36.2 Å². The van der Waals surface area contributed by atoms with Crippen molar-refractivity contribution in [2.24, 2.45) is 5.92 Å². The molecule has 0 bridgehead atoms. The van der Waals surface area contributed by atoms with E-state index in [1.807, 2.05) is 18.2 Å². The second-order valence-electron chi connectivity index (χ2n) is 8.37. The lowest BCUT2D eigenvalue weighted by Gasteiger charge is -2.22. The largest absolute Gasteiger partial charge is 0.443 e. The van der Waals surface area contributed by atoms with E-state index in [1.165, 1.54) is 23.2 Å². The van der Waals surface area contributed by atoms with Crippen LogP contribution in [0.4, 0.5) is 0 Å². The predicted octanol–water partition coefficient (Wildman–Crippen LogP) is 3.72. The Labute approximate surface area is 187 Å². The summed E-state index contributed by atoms with van der Waals surface area (Å²) in [5, 5.41) is 3.45. The molecule has 2 fully saturated rings. The first-order valence-electron chi connectivity index (χ1n) is 10.9. The van der Waals surface area contributed by atoms with Crippen molar-refractivity contribution in [3.63, 3.8) is 0 Å². The number of allylic oxidation sites excluding steroid dienone is 1. The molecule has 0 spiro atoms. The van der Waals surface area contributed by atoms with Crippen LogP contribution >= 0.6 is 0 Å². The Morgan fingerprint density at radius 2 is 2.03 bits per heavy atom. The third-order valence-corrected chi connectivity index (χ3v) is 7.70. The summed E-state index contributed by atoms with van der Waals surface area (Å²) in [5.74, 6) is 0.372. The van der Waals surface area contributed by atoms with Crippen molar-refractivity contribution in [2.45, 2.75) is 43.4 Å². The molecule has 1 aliphatic carbocycles. The van der Waals surface area contributed by atoms with E-state index < -0.39 is 16.1 Å². The van der Waals surface area contributed by atoms with Gasteiger partial charge in [-0.15, -0.1) is 0 Å². The summed E-state index contributed by atoms with van der Waals surface area (Å²) < 4.78 is 33.2. The van der Waals surface area contributed by atoms with Crippen LogP contribution < -0.4 is 5.32 Å².